The van der Waals surface area contributed by atoms with Crippen LogP contribution in [0.3, 0.4) is 0 Å². The van der Waals surface area contributed by atoms with E-state index in [2.05, 4.69) is 17.6 Å². The Hall–Kier alpha value is -1.17. The van der Waals surface area contributed by atoms with Crippen LogP contribution in [0.15, 0.2) is 12.1 Å². The number of unbranched alkanes of at least 4 members (excludes halogenated alkanes) is 1. The van der Waals surface area contributed by atoms with Gasteiger partial charge < -0.3 is 20.1 Å². The Balaban J connectivity index is 0.00000312. The van der Waals surface area contributed by atoms with Crippen LogP contribution in [0.2, 0.25) is 5.02 Å². The van der Waals surface area contributed by atoms with E-state index in [0.717, 1.165) is 32.2 Å². The molecular formula is C18H28Cl2N2O3. The topological polar surface area (TPSA) is 59.6 Å². The molecular weight excluding hydrogens is 363 g/mol. The van der Waals surface area contributed by atoms with E-state index in [9.17, 15) is 4.79 Å². The molecule has 1 amide bonds. The standard InChI is InChI=1S/C18H27ClN2O3.ClH/c1-3-5-9-24-17-15(19)10-13(11-16(17)23-4-2)18(22)21-12-14-7-6-8-20-14;/h10-11,14,20H,3-9,12H2,1-2H3,(H,21,22);1H. The number of nitrogens with one attached hydrogen (secondary N) is 2. The van der Waals surface area contributed by atoms with Crippen LogP contribution in [-0.2, 0) is 0 Å². The minimum absolute atomic E-state index is 0. The number of carbonyl (C=O) groups excluding carboxylic acids is 1. The van der Waals surface area contributed by atoms with Crippen molar-refractivity contribution in [2.45, 2.75) is 45.6 Å². The monoisotopic (exact) mass is 390 g/mol. The summed E-state index contributed by atoms with van der Waals surface area (Å²) in [5, 5.41) is 6.72. The van der Waals surface area contributed by atoms with Crippen molar-refractivity contribution in [3.8, 4) is 11.5 Å². The molecule has 1 aromatic carbocycles. The Bertz CT molecular complexity index is 549. The van der Waals surface area contributed by atoms with Crippen LogP contribution in [0.4, 0.5) is 0 Å². The third-order valence-corrected chi connectivity index (χ3v) is 4.27. The van der Waals surface area contributed by atoms with Gasteiger partial charge in [-0.3, -0.25) is 4.79 Å². The summed E-state index contributed by atoms with van der Waals surface area (Å²) < 4.78 is 11.4. The van der Waals surface area contributed by atoms with Crippen molar-refractivity contribution >= 4 is 29.9 Å². The predicted molar refractivity (Wildman–Crippen MR) is 104 cm³/mol. The maximum absolute atomic E-state index is 12.4. The van der Waals surface area contributed by atoms with Gasteiger partial charge in [0.05, 0.1) is 18.2 Å². The van der Waals surface area contributed by atoms with Gasteiger partial charge in [0.15, 0.2) is 11.5 Å². The van der Waals surface area contributed by atoms with Crippen LogP contribution in [-0.4, -0.2) is 38.3 Å². The lowest BCUT2D eigenvalue weighted by Crippen LogP contribution is -2.37. The first-order valence-corrected chi connectivity index (χ1v) is 9.14. The second-order valence-electron chi connectivity index (χ2n) is 5.92. The highest BCUT2D eigenvalue weighted by molar-refractivity contribution is 6.32. The van der Waals surface area contributed by atoms with Gasteiger partial charge in [-0.05, 0) is 44.9 Å². The summed E-state index contributed by atoms with van der Waals surface area (Å²) in [6.45, 7) is 6.69. The molecule has 0 aromatic heterocycles. The van der Waals surface area contributed by atoms with Crippen LogP contribution >= 0.6 is 24.0 Å². The molecule has 2 rings (SSSR count). The second kappa shape index (κ2) is 11.4. The van der Waals surface area contributed by atoms with Crippen LogP contribution in [0, 0.1) is 0 Å². The van der Waals surface area contributed by atoms with E-state index in [-0.39, 0.29) is 18.3 Å². The van der Waals surface area contributed by atoms with Crippen molar-refractivity contribution in [2.75, 3.05) is 26.3 Å². The molecule has 1 saturated heterocycles. The number of rotatable bonds is 9. The highest BCUT2D eigenvalue weighted by atomic mass is 35.5. The van der Waals surface area contributed by atoms with Crippen LogP contribution in [0.25, 0.3) is 0 Å². The Morgan fingerprint density at radius 3 is 2.80 bits per heavy atom. The van der Waals surface area contributed by atoms with Crippen molar-refractivity contribution in [2.24, 2.45) is 0 Å². The molecule has 0 spiro atoms. The van der Waals surface area contributed by atoms with E-state index >= 15 is 0 Å². The largest absolute Gasteiger partial charge is 0.490 e. The van der Waals surface area contributed by atoms with E-state index in [1.807, 2.05) is 6.92 Å². The maximum Gasteiger partial charge on any atom is 0.251 e. The molecule has 25 heavy (non-hydrogen) atoms. The highest BCUT2D eigenvalue weighted by Crippen LogP contribution is 2.36. The Labute approximate surface area is 161 Å². The lowest BCUT2D eigenvalue weighted by atomic mass is 10.1. The van der Waals surface area contributed by atoms with Gasteiger partial charge in [-0.2, -0.15) is 0 Å². The minimum atomic E-state index is -0.147. The molecule has 1 aromatic rings. The maximum atomic E-state index is 12.4. The molecule has 0 aliphatic carbocycles. The number of hydrogen-bond donors (Lipinski definition) is 2. The molecule has 7 heteroatoms. The van der Waals surface area contributed by atoms with Crippen molar-refractivity contribution in [3.05, 3.63) is 22.7 Å². The summed E-state index contributed by atoms with van der Waals surface area (Å²) >= 11 is 6.32. The fourth-order valence-corrected chi connectivity index (χ4v) is 2.93. The molecule has 0 bridgehead atoms. The van der Waals surface area contributed by atoms with Crippen molar-refractivity contribution in [3.63, 3.8) is 0 Å². The zero-order valence-corrected chi connectivity index (χ0v) is 16.5. The number of benzene rings is 1. The summed E-state index contributed by atoms with van der Waals surface area (Å²) in [5.74, 6) is 0.887. The quantitative estimate of drug-likeness (QED) is 0.629. The summed E-state index contributed by atoms with van der Waals surface area (Å²) in [5.41, 5.74) is 0.490. The summed E-state index contributed by atoms with van der Waals surface area (Å²) in [7, 11) is 0. The van der Waals surface area contributed by atoms with Gasteiger partial charge >= 0.3 is 0 Å². The molecule has 1 unspecified atom stereocenters. The van der Waals surface area contributed by atoms with Crippen molar-refractivity contribution in [1.29, 1.82) is 0 Å². The molecule has 1 atom stereocenters. The zero-order valence-electron chi connectivity index (χ0n) is 14.9. The lowest BCUT2D eigenvalue weighted by molar-refractivity contribution is 0.0949. The van der Waals surface area contributed by atoms with E-state index < -0.39 is 0 Å². The van der Waals surface area contributed by atoms with Crippen molar-refractivity contribution in [1.82, 2.24) is 10.6 Å². The molecule has 1 heterocycles. The first-order chi connectivity index (χ1) is 11.7. The van der Waals surface area contributed by atoms with E-state index in [4.69, 9.17) is 21.1 Å². The molecule has 1 fully saturated rings. The van der Waals surface area contributed by atoms with Crippen LogP contribution in [0.1, 0.15) is 49.9 Å². The van der Waals surface area contributed by atoms with Gasteiger partial charge in [-0.1, -0.05) is 24.9 Å². The van der Waals surface area contributed by atoms with Crippen LogP contribution < -0.4 is 20.1 Å². The molecule has 0 radical (unpaired) electrons. The van der Waals surface area contributed by atoms with E-state index in [1.54, 1.807) is 12.1 Å². The molecule has 142 valence electrons. The molecule has 1 aliphatic rings. The molecule has 1 aliphatic heterocycles. The SMILES string of the molecule is CCCCOc1c(Cl)cc(C(=O)NCC2CCCN2)cc1OCC.Cl. The number of halogens is 2. The van der Waals surface area contributed by atoms with E-state index in [0.29, 0.717) is 47.9 Å². The Morgan fingerprint density at radius 2 is 2.16 bits per heavy atom. The second-order valence-corrected chi connectivity index (χ2v) is 6.33. The fourth-order valence-electron chi connectivity index (χ4n) is 2.67. The third kappa shape index (κ3) is 6.57. The highest BCUT2D eigenvalue weighted by Gasteiger charge is 2.18. The number of amides is 1. The first-order valence-electron chi connectivity index (χ1n) is 8.76. The van der Waals surface area contributed by atoms with Gasteiger partial charge in [-0.15, -0.1) is 12.4 Å². The number of hydrogen-bond acceptors (Lipinski definition) is 4. The smallest absolute Gasteiger partial charge is 0.251 e. The zero-order chi connectivity index (χ0) is 17.4. The Kier molecular flexibility index (Phi) is 10.0. The summed E-state index contributed by atoms with van der Waals surface area (Å²) in [6.07, 6.45) is 4.23. The molecule has 2 N–H and O–H groups in total. The Morgan fingerprint density at radius 1 is 1.36 bits per heavy atom. The van der Waals surface area contributed by atoms with Crippen LogP contribution in [0.5, 0.6) is 11.5 Å². The summed E-state index contributed by atoms with van der Waals surface area (Å²) in [6, 6.07) is 3.70. The molecule has 0 saturated carbocycles. The summed E-state index contributed by atoms with van der Waals surface area (Å²) in [4.78, 5) is 12.4. The fraction of sp³-hybridized carbons (Fsp3) is 0.611. The van der Waals surface area contributed by atoms with Gasteiger partial charge in [-0.25, -0.2) is 0 Å². The average molecular weight is 391 g/mol. The number of ether oxygens (including phenoxy) is 2. The average Bonchev–Trinajstić information content (AvgIpc) is 3.08. The van der Waals surface area contributed by atoms with Gasteiger partial charge in [0, 0.05) is 18.2 Å². The third-order valence-electron chi connectivity index (χ3n) is 3.99. The van der Waals surface area contributed by atoms with E-state index in [1.165, 1.54) is 0 Å². The first kappa shape index (κ1) is 21.9. The normalized spacial score (nSPS) is 16.2. The number of carbonyl (C=O) groups is 1. The lowest BCUT2D eigenvalue weighted by Gasteiger charge is -2.16. The van der Waals surface area contributed by atoms with Crippen molar-refractivity contribution < 1.29 is 14.3 Å². The minimum Gasteiger partial charge on any atom is -0.490 e. The molecule has 5 nitrogen and oxygen atoms in total. The van der Waals surface area contributed by atoms with Gasteiger partial charge in [0.1, 0.15) is 0 Å². The predicted octanol–water partition coefficient (Wildman–Crippen LogP) is 3.82. The van der Waals surface area contributed by atoms with Gasteiger partial charge in [0.2, 0.25) is 0 Å². The van der Waals surface area contributed by atoms with Gasteiger partial charge in [0.25, 0.3) is 5.91 Å².